The summed E-state index contributed by atoms with van der Waals surface area (Å²) >= 11 is 1.58. The molecule has 1 amide bonds. The zero-order valence-electron chi connectivity index (χ0n) is 18.2. The van der Waals surface area contributed by atoms with Crippen LogP contribution in [0.15, 0.2) is 64.4 Å². The van der Waals surface area contributed by atoms with Gasteiger partial charge in [0.05, 0.1) is 30.1 Å². The van der Waals surface area contributed by atoms with E-state index in [1.807, 2.05) is 30.3 Å². The van der Waals surface area contributed by atoms with Crippen molar-refractivity contribution in [3.8, 4) is 0 Å². The van der Waals surface area contributed by atoms with Crippen molar-refractivity contribution in [3.63, 3.8) is 0 Å². The van der Waals surface area contributed by atoms with Gasteiger partial charge in [-0.1, -0.05) is 18.2 Å². The lowest BCUT2D eigenvalue weighted by molar-refractivity contribution is -0.119. The minimum Gasteiger partial charge on any atom is -0.379 e. The summed E-state index contributed by atoms with van der Waals surface area (Å²) < 4.78 is 57.6. The number of carbonyl (C=O) groups excluding carboxylic acids is 1. The fourth-order valence-electron chi connectivity index (χ4n) is 3.18. The summed E-state index contributed by atoms with van der Waals surface area (Å²) in [5.74, 6) is 0.196. The number of nitrogens with zero attached hydrogens (tertiary/aromatic N) is 2. The molecule has 1 heterocycles. The van der Waals surface area contributed by atoms with Gasteiger partial charge in [0.1, 0.15) is 6.54 Å². The molecule has 1 saturated heterocycles. The van der Waals surface area contributed by atoms with Gasteiger partial charge in [-0.15, -0.1) is 11.8 Å². The van der Waals surface area contributed by atoms with E-state index in [4.69, 9.17) is 4.74 Å². The van der Waals surface area contributed by atoms with Crippen molar-refractivity contribution in [2.45, 2.75) is 9.79 Å². The van der Waals surface area contributed by atoms with Crippen LogP contribution in [-0.2, 0) is 29.6 Å². The van der Waals surface area contributed by atoms with Gasteiger partial charge in [-0.05, 0) is 36.4 Å². The van der Waals surface area contributed by atoms with Crippen molar-refractivity contribution in [1.29, 1.82) is 0 Å². The van der Waals surface area contributed by atoms with E-state index in [1.165, 1.54) is 28.6 Å². The van der Waals surface area contributed by atoms with E-state index >= 15 is 0 Å². The molecule has 0 unspecified atom stereocenters. The maximum atomic E-state index is 12.8. The molecule has 0 atom stereocenters. The number of nitrogens with one attached hydrogen (secondary N) is 1. The summed E-state index contributed by atoms with van der Waals surface area (Å²) in [6.07, 6.45) is 1.00. The zero-order valence-corrected chi connectivity index (χ0v) is 20.7. The second kappa shape index (κ2) is 11.3. The summed E-state index contributed by atoms with van der Waals surface area (Å²) in [5.41, 5.74) is 0.215. The molecule has 1 N–H and O–H groups in total. The SMILES string of the molecule is CS(=O)(=O)N(CC(=O)NCCSc1ccccc1)c1ccc(S(=O)(=O)N2CCOCC2)cc1. The molecule has 1 aliphatic rings. The van der Waals surface area contributed by atoms with E-state index in [1.54, 1.807) is 11.8 Å². The Kier molecular flexibility index (Phi) is 8.76. The highest BCUT2D eigenvalue weighted by Crippen LogP contribution is 2.23. The fraction of sp³-hybridized carbons (Fsp3) is 0.381. The molecule has 0 spiro atoms. The highest BCUT2D eigenvalue weighted by Gasteiger charge is 2.27. The first kappa shape index (κ1) is 25.5. The lowest BCUT2D eigenvalue weighted by Gasteiger charge is -2.26. The van der Waals surface area contributed by atoms with E-state index in [0.717, 1.165) is 15.5 Å². The fourth-order valence-corrected chi connectivity index (χ4v) is 6.24. The van der Waals surface area contributed by atoms with E-state index in [-0.39, 0.29) is 23.7 Å². The molecule has 1 fully saturated rings. The Morgan fingerprint density at radius 3 is 2.27 bits per heavy atom. The lowest BCUT2D eigenvalue weighted by atomic mass is 10.3. The molecule has 2 aromatic rings. The Bertz CT molecular complexity index is 1130. The molecule has 0 radical (unpaired) electrons. The Hall–Kier alpha value is -2.12. The van der Waals surface area contributed by atoms with Crippen LogP contribution >= 0.6 is 11.8 Å². The highest BCUT2D eigenvalue weighted by atomic mass is 32.2. The molecule has 2 aromatic carbocycles. The molecule has 12 heteroatoms. The second-order valence-corrected chi connectivity index (χ2v) is 12.3. The second-order valence-electron chi connectivity index (χ2n) is 7.29. The van der Waals surface area contributed by atoms with Crippen LogP contribution in [0.1, 0.15) is 0 Å². The van der Waals surface area contributed by atoms with Crippen LogP contribution in [0.3, 0.4) is 0 Å². The molecule has 0 aliphatic carbocycles. The average molecular weight is 514 g/mol. The first-order valence-corrected chi connectivity index (χ1v) is 14.6. The third-order valence-corrected chi connectivity index (χ3v) is 8.92. The summed E-state index contributed by atoms with van der Waals surface area (Å²) in [6.45, 7) is 1.18. The van der Waals surface area contributed by atoms with Crippen molar-refractivity contribution < 1.29 is 26.4 Å². The van der Waals surface area contributed by atoms with Crippen molar-refractivity contribution >= 4 is 43.4 Å². The number of ether oxygens (including phenoxy) is 1. The van der Waals surface area contributed by atoms with Crippen molar-refractivity contribution in [1.82, 2.24) is 9.62 Å². The molecule has 0 saturated carbocycles. The minimum absolute atomic E-state index is 0.0592. The van der Waals surface area contributed by atoms with Gasteiger partial charge in [0.25, 0.3) is 0 Å². The number of hydrogen-bond acceptors (Lipinski definition) is 7. The molecule has 180 valence electrons. The first-order valence-electron chi connectivity index (χ1n) is 10.3. The smallest absolute Gasteiger partial charge is 0.243 e. The third kappa shape index (κ3) is 7.18. The largest absolute Gasteiger partial charge is 0.379 e. The van der Waals surface area contributed by atoms with Crippen LogP contribution in [0.2, 0.25) is 0 Å². The molecular weight excluding hydrogens is 486 g/mol. The number of carbonyl (C=O) groups is 1. The Morgan fingerprint density at radius 2 is 1.67 bits per heavy atom. The number of morpholine rings is 1. The number of sulfonamides is 2. The van der Waals surface area contributed by atoms with Crippen LogP contribution in [0.4, 0.5) is 5.69 Å². The first-order chi connectivity index (χ1) is 15.7. The Balaban J connectivity index is 1.62. The average Bonchev–Trinajstić information content (AvgIpc) is 2.81. The van der Waals surface area contributed by atoms with Crippen molar-refractivity contribution in [2.24, 2.45) is 0 Å². The highest BCUT2D eigenvalue weighted by molar-refractivity contribution is 7.99. The molecule has 0 bridgehead atoms. The third-order valence-electron chi connectivity index (χ3n) is 4.86. The van der Waals surface area contributed by atoms with Gasteiger partial charge in [0, 0.05) is 30.3 Å². The summed E-state index contributed by atoms with van der Waals surface area (Å²) in [4.78, 5) is 13.5. The summed E-state index contributed by atoms with van der Waals surface area (Å²) in [6, 6.07) is 15.2. The number of benzene rings is 2. The van der Waals surface area contributed by atoms with Crippen LogP contribution in [0.25, 0.3) is 0 Å². The molecule has 9 nitrogen and oxygen atoms in total. The van der Waals surface area contributed by atoms with E-state index in [2.05, 4.69) is 5.32 Å². The van der Waals surface area contributed by atoms with Crippen LogP contribution < -0.4 is 9.62 Å². The van der Waals surface area contributed by atoms with Crippen molar-refractivity contribution in [2.75, 3.05) is 55.7 Å². The van der Waals surface area contributed by atoms with E-state index in [0.29, 0.717) is 25.5 Å². The number of hydrogen-bond donors (Lipinski definition) is 1. The molecular formula is C21H27N3O6S3. The Labute approximate surface area is 199 Å². The van der Waals surface area contributed by atoms with Crippen molar-refractivity contribution in [3.05, 3.63) is 54.6 Å². The van der Waals surface area contributed by atoms with Gasteiger partial charge >= 0.3 is 0 Å². The van der Waals surface area contributed by atoms with E-state index in [9.17, 15) is 21.6 Å². The predicted molar refractivity (Wildman–Crippen MR) is 128 cm³/mol. The normalized spacial score (nSPS) is 15.2. The van der Waals surface area contributed by atoms with Gasteiger partial charge in [-0.3, -0.25) is 9.10 Å². The van der Waals surface area contributed by atoms with Gasteiger partial charge < -0.3 is 10.1 Å². The number of rotatable bonds is 10. The number of amides is 1. The van der Waals surface area contributed by atoms with Gasteiger partial charge in [-0.2, -0.15) is 4.31 Å². The Morgan fingerprint density at radius 1 is 1.03 bits per heavy atom. The van der Waals surface area contributed by atoms with E-state index < -0.39 is 32.5 Å². The number of anilines is 1. The molecule has 3 rings (SSSR count). The minimum atomic E-state index is -3.76. The summed E-state index contributed by atoms with van der Waals surface area (Å²) in [5, 5.41) is 2.72. The zero-order chi connectivity index (χ0) is 23.9. The standard InChI is InChI=1S/C21H27N3O6S3/c1-32(26,27)24(17-21(25)22-11-16-31-19-5-3-2-4-6-19)18-7-9-20(10-8-18)33(28,29)23-12-14-30-15-13-23/h2-10H,11-17H2,1H3,(H,22,25). The van der Waals surface area contributed by atoms with Crippen LogP contribution in [0, 0.1) is 0 Å². The quantitative estimate of drug-likeness (QED) is 0.377. The van der Waals surface area contributed by atoms with Gasteiger partial charge in [0.15, 0.2) is 0 Å². The maximum absolute atomic E-state index is 12.8. The van der Waals surface area contributed by atoms with Crippen LogP contribution in [-0.4, -0.2) is 78.4 Å². The molecule has 0 aromatic heterocycles. The lowest BCUT2D eigenvalue weighted by Crippen LogP contribution is -2.41. The van der Waals surface area contributed by atoms with Gasteiger partial charge in [-0.25, -0.2) is 16.8 Å². The topological polar surface area (TPSA) is 113 Å². The van der Waals surface area contributed by atoms with Gasteiger partial charge in [0.2, 0.25) is 26.0 Å². The maximum Gasteiger partial charge on any atom is 0.243 e. The predicted octanol–water partition coefficient (Wildman–Crippen LogP) is 1.38. The molecule has 1 aliphatic heterocycles. The monoisotopic (exact) mass is 513 g/mol. The molecule has 33 heavy (non-hydrogen) atoms. The number of thioether (sulfide) groups is 1. The summed E-state index contributed by atoms with van der Waals surface area (Å²) in [7, 11) is -7.46. The van der Waals surface area contributed by atoms with Crippen LogP contribution in [0.5, 0.6) is 0 Å².